The van der Waals surface area contributed by atoms with E-state index in [-0.39, 0.29) is 57.7 Å². The van der Waals surface area contributed by atoms with Gasteiger partial charge in [-0.1, -0.05) is 34.5 Å². The minimum atomic E-state index is -1.07. The Kier molecular flexibility index (Phi) is 5.34. The fraction of sp³-hybridized carbons (Fsp3) is 0.500. The van der Waals surface area contributed by atoms with Crippen molar-refractivity contribution >= 4 is 57.5 Å². The number of carboxylic acids is 1. The summed E-state index contributed by atoms with van der Waals surface area (Å²) < 4.78 is 0. The van der Waals surface area contributed by atoms with E-state index in [4.69, 9.17) is 23.2 Å². The van der Waals surface area contributed by atoms with Crippen molar-refractivity contribution in [2.75, 3.05) is 18.0 Å². The first-order valence-corrected chi connectivity index (χ1v) is 11.9. The molecule has 2 aromatic heterocycles. The number of anilines is 1. The van der Waals surface area contributed by atoms with Crippen LogP contribution in [0.5, 0.6) is 0 Å². The van der Waals surface area contributed by atoms with Gasteiger partial charge in [0, 0.05) is 42.7 Å². The van der Waals surface area contributed by atoms with Gasteiger partial charge in [0.15, 0.2) is 5.13 Å². The van der Waals surface area contributed by atoms with Gasteiger partial charge in [0.2, 0.25) is 5.91 Å². The van der Waals surface area contributed by atoms with E-state index in [1.165, 1.54) is 0 Å². The minimum Gasteiger partial charge on any atom is -0.477 e. The Bertz CT molecular complexity index is 1120. The first-order valence-electron chi connectivity index (χ1n) is 10.3. The lowest BCUT2D eigenvalue weighted by molar-refractivity contribution is -0.120. The number of aromatic carboxylic acids is 1. The molecule has 3 fully saturated rings. The summed E-state index contributed by atoms with van der Waals surface area (Å²) in [7, 11) is 0. The molecule has 3 atom stereocenters. The molecule has 5 rings (SSSR count). The number of halogens is 2. The summed E-state index contributed by atoms with van der Waals surface area (Å²) >= 11 is 13.3. The molecule has 0 aromatic carbocycles. The molecule has 1 saturated heterocycles. The second kappa shape index (κ2) is 7.93. The first kappa shape index (κ1) is 21.5. The number of carboxylic acid groups (broad SMARTS) is 1. The van der Waals surface area contributed by atoms with Crippen molar-refractivity contribution in [3.05, 3.63) is 32.0 Å². The maximum absolute atomic E-state index is 12.6. The third kappa shape index (κ3) is 3.95. The van der Waals surface area contributed by atoms with E-state index < -0.39 is 5.97 Å². The molecule has 3 aliphatic rings. The Hall–Kier alpha value is -2.30. The van der Waals surface area contributed by atoms with Crippen LogP contribution in [0.15, 0.2) is 0 Å². The van der Waals surface area contributed by atoms with Crippen molar-refractivity contribution in [1.29, 1.82) is 0 Å². The van der Waals surface area contributed by atoms with E-state index in [0.717, 1.165) is 24.2 Å². The average Bonchev–Trinajstić information content (AvgIpc) is 3.50. The van der Waals surface area contributed by atoms with Crippen LogP contribution in [0, 0.1) is 18.8 Å². The quantitative estimate of drug-likeness (QED) is 0.465. The van der Waals surface area contributed by atoms with Crippen LogP contribution in [0.4, 0.5) is 5.13 Å². The number of aromatic amines is 1. The van der Waals surface area contributed by atoms with E-state index >= 15 is 0 Å². The lowest BCUT2D eigenvalue weighted by Crippen LogP contribution is -2.35. The predicted octanol–water partition coefficient (Wildman–Crippen LogP) is 2.47. The normalized spacial score (nSPS) is 23.7. The molecule has 2 saturated carbocycles. The molecule has 170 valence electrons. The highest BCUT2D eigenvalue weighted by atomic mass is 35.5. The highest BCUT2D eigenvalue weighted by molar-refractivity contribution is 7.17. The predicted molar refractivity (Wildman–Crippen MR) is 120 cm³/mol. The lowest BCUT2D eigenvalue weighted by atomic mass is 10.2. The number of hydrogen-bond acceptors (Lipinski definition) is 6. The molecule has 4 N–H and O–H groups in total. The molecular formula is C20H21Cl2N5O4S. The Morgan fingerprint density at radius 1 is 1.19 bits per heavy atom. The van der Waals surface area contributed by atoms with Gasteiger partial charge in [-0.25, -0.2) is 9.78 Å². The molecule has 0 radical (unpaired) electrons. The number of nitrogens with zero attached hydrogens (tertiary/aromatic N) is 2. The van der Waals surface area contributed by atoms with E-state index in [0.29, 0.717) is 34.6 Å². The molecule has 2 amide bonds. The van der Waals surface area contributed by atoms with Crippen LogP contribution in [0.2, 0.25) is 10.0 Å². The van der Waals surface area contributed by atoms with Gasteiger partial charge < -0.3 is 25.6 Å². The number of rotatable bonds is 7. The van der Waals surface area contributed by atoms with Gasteiger partial charge in [0.1, 0.15) is 10.6 Å². The number of carbonyl (C=O) groups excluding carboxylic acids is 2. The molecule has 3 heterocycles. The number of piperidine rings is 1. The summed E-state index contributed by atoms with van der Waals surface area (Å²) in [6, 6.07) is 0.243. The number of hydrogen-bond donors (Lipinski definition) is 4. The van der Waals surface area contributed by atoms with Crippen molar-refractivity contribution in [1.82, 2.24) is 20.6 Å². The van der Waals surface area contributed by atoms with Crippen LogP contribution in [0.1, 0.15) is 44.4 Å². The van der Waals surface area contributed by atoms with Gasteiger partial charge in [0.05, 0.1) is 22.2 Å². The zero-order chi connectivity index (χ0) is 22.7. The van der Waals surface area contributed by atoms with Gasteiger partial charge in [0.25, 0.3) is 5.91 Å². The average molecular weight is 498 g/mol. The van der Waals surface area contributed by atoms with Crippen molar-refractivity contribution in [3.63, 3.8) is 0 Å². The number of aromatic nitrogens is 2. The third-order valence-electron chi connectivity index (χ3n) is 6.19. The largest absolute Gasteiger partial charge is 0.477 e. The molecule has 1 aliphatic heterocycles. The standard InChI is InChI=1S/C20H21Cl2N5O4S/c1-7-13(21)14(22)16(23-7)18(29)26-15-9-5-27(6-10(9)15)20-25-11(17(32-20)19(30)31)4-12(28)24-8-2-3-8/h8-10,15,23H,2-6H2,1H3,(H,24,28)(H,26,29)(H,30,31)/t9-,10+,15?. The first-order chi connectivity index (χ1) is 15.2. The van der Waals surface area contributed by atoms with E-state index in [1.54, 1.807) is 6.92 Å². The molecule has 9 nitrogen and oxygen atoms in total. The van der Waals surface area contributed by atoms with E-state index in [9.17, 15) is 19.5 Å². The number of nitrogens with one attached hydrogen (secondary N) is 3. The molecule has 32 heavy (non-hydrogen) atoms. The fourth-order valence-electron chi connectivity index (χ4n) is 4.27. The Labute approximate surface area is 197 Å². The summed E-state index contributed by atoms with van der Waals surface area (Å²) in [5.74, 6) is -1.06. The van der Waals surface area contributed by atoms with Crippen molar-refractivity contribution in [3.8, 4) is 0 Å². The molecule has 2 aliphatic carbocycles. The van der Waals surface area contributed by atoms with Crippen molar-refractivity contribution < 1.29 is 19.5 Å². The number of aryl methyl sites for hydroxylation is 1. The van der Waals surface area contributed by atoms with Gasteiger partial charge in [-0.2, -0.15) is 0 Å². The van der Waals surface area contributed by atoms with Crippen LogP contribution in [-0.4, -0.2) is 58.0 Å². The Morgan fingerprint density at radius 2 is 1.88 bits per heavy atom. The van der Waals surface area contributed by atoms with Crippen LogP contribution in [-0.2, 0) is 11.2 Å². The zero-order valence-corrected chi connectivity index (χ0v) is 19.4. The molecule has 2 aromatic rings. The minimum absolute atomic E-state index is 0.0277. The Balaban J connectivity index is 1.21. The van der Waals surface area contributed by atoms with Gasteiger partial charge in [-0.05, 0) is 19.8 Å². The van der Waals surface area contributed by atoms with E-state index in [2.05, 4.69) is 20.6 Å². The Morgan fingerprint density at radius 3 is 2.44 bits per heavy atom. The smallest absolute Gasteiger partial charge is 0.347 e. The highest BCUT2D eigenvalue weighted by Crippen LogP contribution is 2.48. The third-order valence-corrected chi connectivity index (χ3v) is 8.29. The number of amides is 2. The number of thiazole rings is 1. The zero-order valence-electron chi connectivity index (χ0n) is 17.1. The van der Waals surface area contributed by atoms with Crippen molar-refractivity contribution in [2.45, 2.75) is 38.3 Å². The topological polar surface area (TPSA) is 127 Å². The summed E-state index contributed by atoms with van der Waals surface area (Å²) in [4.78, 5) is 45.8. The van der Waals surface area contributed by atoms with Crippen LogP contribution < -0.4 is 15.5 Å². The molecule has 1 unspecified atom stereocenters. The summed E-state index contributed by atoms with van der Waals surface area (Å²) in [5, 5.41) is 16.6. The van der Waals surface area contributed by atoms with Crippen molar-refractivity contribution in [2.24, 2.45) is 11.8 Å². The molecular weight excluding hydrogens is 477 g/mol. The summed E-state index contributed by atoms with van der Waals surface area (Å²) in [6.45, 7) is 3.07. The van der Waals surface area contributed by atoms with Gasteiger partial charge in [-0.3, -0.25) is 9.59 Å². The maximum Gasteiger partial charge on any atom is 0.347 e. The van der Waals surface area contributed by atoms with Gasteiger partial charge in [-0.15, -0.1) is 0 Å². The number of carbonyl (C=O) groups is 3. The second-order valence-electron chi connectivity index (χ2n) is 8.58. The highest BCUT2D eigenvalue weighted by Gasteiger charge is 2.57. The van der Waals surface area contributed by atoms with Crippen LogP contribution in [0.3, 0.4) is 0 Å². The number of fused-ring (bicyclic) bond motifs is 1. The van der Waals surface area contributed by atoms with Crippen LogP contribution >= 0.6 is 34.5 Å². The molecule has 0 bridgehead atoms. The fourth-order valence-corrected chi connectivity index (χ4v) is 5.62. The number of H-pyrrole nitrogens is 1. The monoisotopic (exact) mass is 497 g/mol. The molecule has 0 spiro atoms. The molecule has 12 heteroatoms. The SMILES string of the molecule is Cc1[nH]c(C(=O)NC2[C@H]3CN(c4nc(CC(=O)NC5CC5)c(C(=O)O)s4)C[C@@H]23)c(Cl)c1Cl. The van der Waals surface area contributed by atoms with Gasteiger partial charge >= 0.3 is 5.97 Å². The summed E-state index contributed by atoms with van der Waals surface area (Å²) in [5.41, 5.74) is 1.20. The lowest BCUT2D eigenvalue weighted by Gasteiger charge is -2.19. The second-order valence-corrected chi connectivity index (χ2v) is 10.3. The summed E-state index contributed by atoms with van der Waals surface area (Å²) in [6.07, 6.45) is 1.90. The van der Waals surface area contributed by atoms with E-state index in [1.807, 2.05) is 4.90 Å². The van der Waals surface area contributed by atoms with Crippen LogP contribution in [0.25, 0.3) is 0 Å². The maximum atomic E-state index is 12.6.